The Kier molecular flexibility index (Phi) is 4.66. The fourth-order valence-electron chi connectivity index (χ4n) is 3.71. The second kappa shape index (κ2) is 6.69. The van der Waals surface area contributed by atoms with Gasteiger partial charge in [0.05, 0.1) is 0 Å². The molecule has 1 aromatic rings. The van der Waals surface area contributed by atoms with Crippen molar-refractivity contribution in [3.63, 3.8) is 0 Å². The molecule has 2 fully saturated rings. The maximum absolute atomic E-state index is 6.27. The number of piperazine rings is 1. The van der Waals surface area contributed by atoms with Gasteiger partial charge in [0.25, 0.3) is 0 Å². The van der Waals surface area contributed by atoms with Crippen molar-refractivity contribution in [3.05, 3.63) is 5.56 Å². The van der Waals surface area contributed by atoms with Crippen LogP contribution in [0.4, 0.5) is 17.6 Å². The van der Waals surface area contributed by atoms with Crippen molar-refractivity contribution in [3.8, 4) is 0 Å². The van der Waals surface area contributed by atoms with E-state index < -0.39 is 0 Å². The quantitative estimate of drug-likeness (QED) is 0.811. The smallest absolute Gasteiger partial charge is 0.223 e. The van der Waals surface area contributed by atoms with Gasteiger partial charge in [0.2, 0.25) is 5.95 Å². The van der Waals surface area contributed by atoms with E-state index in [-0.39, 0.29) is 0 Å². The van der Waals surface area contributed by atoms with E-state index in [0.29, 0.717) is 17.7 Å². The van der Waals surface area contributed by atoms with Gasteiger partial charge in [-0.05, 0) is 25.8 Å². The topological polar surface area (TPSA) is 84.3 Å². The molecule has 6 nitrogen and oxygen atoms in total. The Balaban J connectivity index is 1.93. The summed E-state index contributed by atoms with van der Waals surface area (Å²) in [4.78, 5) is 13.5. The number of nitrogens with zero attached hydrogens (tertiary/aromatic N) is 4. The summed E-state index contributed by atoms with van der Waals surface area (Å²) in [5, 5.41) is 0. The molecule has 0 bridgehead atoms. The predicted octanol–water partition coefficient (Wildman–Crippen LogP) is 1.83. The van der Waals surface area contributed by atoms with E-state index in [0.717, 1.165) is 37.6 Å². The van der Waals surface area contributed by atoms with Gasteiger partial charge in [0.15, 0.2) is 0 Å². The van der Waals surface area contributed by atoms with Crippen molar-refractivity contribution in [2.75, 3.05) is 49.6 Å². The zero-order valence-corrected chi connectivity index (χ0v) is 13.6. The number of hydrogen-bond donors (Lipinski definition) is 2. The molecule has 1 aliphatic heterocycles. The van der Waals surface area contributed by atoms with Crippen LogP contribution in [0.1, 0.15) is 50.0 Å². The second-order valence-electron chi connectivity index (χ2n) is 6.68. The molecule has 3 rings (SSSR count). The van der Waals surface area contributed by atoms with Gasteiger partial charge in [0, 0.05) is 31.7 Å². The predicted molar refractivity (Wildman–Crippen MR) is 91.0 cm³/mol. The van der Waals surface area contributed by atoms with Crippen molar-refractivity contribution in [2.45, 2.75) is 44.4 Å². The van der Waals surface area contributed by atoms with Crippen molar-refractivity contribution >= 4 is 17.6 Å². The molecule has 2 heterocycles. The Morgan fingerprint density at radius 2 is 1.55 bits per heavy atom. The third-order valence-electron chi connectivity index (χ3n) is 5.04. The molecule has 2 aliphatic rings. The first kappa shape index (κ1) is 15.3. The Morgan fingerprint density at radius 1 is 0.909 bits per heavy atom. The molecule has 1 saturated carbocycles. The zero-order valence-electron chi connectivity index (χ0n) is 13.6. The first-order valence-electron chi connectivity index (χ1n) is 8.51. The van der Waals surface area contributed by atoms with Gasteiger partial charge in [-0.25, -0.2) is 0 Å². The third-order valence-corrected chi connectivity index (χ3v) is 5.04. The van der Waals surface area contributed by atoms with E-state index in [2.05, 4.69) is 26.8 Å². The number of anilines is 3. The van der Waals surface area contributed by atoms with E-state index >= 15 is 0 Å². The Labute approximate surface area is 132 Å². The summed E-state index contributed by atoms with van der Waals surface area (Å²) in [6.45, 7) is 4.06. The molecule has 0 radical (unpaired) electrons. The monoisotopic (exact) mass is 304 g/mol. The highest BCUT2D eigenvalue weighted by molar-refractivity contribution is 5.61. The fraction of sp³-hybridized carbons (Fsp3) is 0.750. The van der Waals surface area contributed by atoms with Crippen molar-refractivity contribution in [2.24, 2.45) is 0 Å². The van der Waals surface area contributed by atoms with Crippen LogP contribution in [-0.2, 0) is 0 Å². The lowest BCUT2D eigenvalue weighted by Crippen LogP contribution is -2.45. The van der Waals surface area contributed by atoms with Crippen LogP contribution in [0.2, 0.25) is 0 Å². The highest BCUT2D eigenvalue weighted by atomic mass is 15.3. The molecule has 0 atom stereocenters. The largest absolute Gasteiger partial charge is 0.383 e. The van der Waals surface area contributed by atoms with E-state index in [1.54, 1.807) is 0 Å². The Hall–Kier alpha value is -1.56. The van der Waals surface area contributed by atoms with Crippen molar-refractivity contribution in [1.82, 2.24) is 14.9 Å². The number of hydrogen-bond acceptors (Lipinski definition) is 6. The van der Waals surface area contributed by atoms with Gasteiger partial charge >= 0.3 is 0 Å². The lowest BCUT2D eigenvalue weighted by molar-refractivity contribution is 0.311. The normalized spacial score (nSPS) is 21.8. The standard InChI is InChI=1S/C16H28N6/c1-21-8-10-22(11-9-21)15-13(14(17)19-16(18)20-15)12-6-4-2-3-5-7-12/h12H,2-11H2,1H3,(H4,17,18,19,20). The van der Waals surface area contributed by atoms with Crippen LogP contribution in [0, 0.1) is 0 Å². The molecule has 6 heteroatoms. The van der Waals surface area contributed by atoms with Crippen LogP contribution in [0.15, 0.2) is 0 Å². The summed E-state index contributed by atoms with van der Waals surface area (Å²) in [7, 11) is 2.16. The Bertz CT molecular complexity index is 502. The molecular formula is C16H28N6. The number of likely N-dealkylation sites (N-methyl/N-ethyl adjacent to an activating group) is 1. The zero-order chi connectivity index (χ0) is 15.5. The molecule has 122 valence electrons. The number of nitrogens with two attached hydrogens (primary N) is 2. The maximum Gasteiger partial charge on any atom is 0.223 e. The summed E-state index contributed by atoms with van der Waals surface area (Å²) in [6, 6.07) is 0. The average molecular weight is 304 g/mol. The fourth-order valence-corrected chi connectivity index (χ4v) is 3.71. The lowest BCUT2D eigenvalue weighted by Gasteiger charge is -2.35. The SMILES string of the molecule is CN1CCN(c2nc(N)nc(N)c2C2CCCCCC2)CC1. The first-order chi connectivity index (χ1) is 10.6. The minimum Gasteiger partial charge on any atom is -0.383 e. The van der Waals surface area contributed by atoms with Crippen LogP contribution in [-0.4, -0.2) is 48.1 Å². The highest BCUT2D eigenvalue weighted by Gasteiger charge is 2.26. The molecule has 22 heavy (non-hydrogen) atoms. The number of nitrogen functional groups attached to an aromatic ring is 2. The van der Waals surface area contributed by atoms with E-state index in [9.17, 15) is 0 Å². The molecule has 1 aliphatic carbocycles. The van der Waals surface area contributed by atoms with Crippen molar-refractivity contribution in [1.29, 1.82) is 0 Å². The van der Waals surface area contributed by atoms with Gasteiger partial charge < -0.3 is 21.3 Å². The summed E-state index contributed by atoms with van der Waals surface area (Å²) in [5.74, 6) is 2.36. The molecule has 0 spiro atoms. The van der Waals surface area contributed by atoms with Gasteiger partial charge in [-0.1, -0.05) is 25.7 Å². The third kappa shape index (κ3) is 3.27. The number of aromatic nitrogens is 2. The van der Waals surface area contributed by atoms with Crippen LogP contribution in [0.25, 0.3) is 0 Å². The van der Waals surface area contributed by atoms with Gasteiger partial charge in [-0.15, -0.1) is 0 Å². The second-order valence-corrected chi connectivity index (χ2v) is 6.68. The molecule has 1 aromatic heterocycles. The van der Waals surface area contributed by atoms with E-state index in [4.69, 9.17) is 11.5 Å². The summed E-state index contributed by atoms with van der Waals surface area (Å²) < 4.78 is 0. The molecule has 0 amide bonds. The van der Waals surface area contributed by atoms with E-state index in [1.807, 2.05) is 0 Å². The first-order valence-corrected chi connectivity index (χ1v) is 8.51. The minimum absolute atomic E-state index is 0.295. The van der Waals surface area contributed by atoms with Crippen LogP contribution >= 0.6 is 0 Å². The van der Waals surface area contributed by atoms with Crippen molar-refractivity contribution < 1.29 is 0 Å². The molecule has 1 saturated heterocycles. The van der Waals surface area contributed by atoms with Gasteiger partial charge in [0.1, 0.15) is 11.6 Å². The highest BCUT2D eigenvalue weighted by Crippen LogP contribution is 2.39. The summed E-state index contributed by atoms with van der Waals surface area (Å²) in [5.41, 5.74) is 13.3. The van der Waals surface area contributed by atoms with Crippen LogP contribution < -0.4 is 16.4 Å². The molecule has 4 N–H and O–H groups in total. The van der Waals surface area contributed by atoms with E-state index in [1.165, 1.54) is 38.5 Å². The average Bonchev–Trinajstić information content (AvgIpc) is 2.76. The van der Waals surface area contributed by atoms with Crippen LogP contribution in [0.5, 0.6) is 0 Å². The molecular weight excluding hydrogens is 276 g/mol. The maximum atomic E-state index is 6.27. The minimum atomic E-state index is 0.295. The summed E-state index contributed by atoms with van der Waals surface area (Å²) >= 11 is 0. The Morgan fingerprint density at radius 3 is 2.18 bits per heavy atom. The summed E-state index contributed by atoms with van der Waals surface area (Å²) in [6.07, 6.45) is 7.59. The van der Waals surface area contributed by atoms with Gasteiger partial charge in [-0.2, -0.15) is 9.97 Å². The van der Waals surface area contributed by atoms with Crippen LogP contribution in [0.3, 0.4) is 0 Å². The lowest BCUT2D eigenvalue weighted by atomic mass is 9.91. The molecule has 0 aromatic carbocycles. The number of rotatable bonds is 2. The van der Waals surface area contributed by atoms with Gasteiger partial charge in [-0.3, -0.25) is 0 Å². The molecule has 0 unspecified atom stereocenters.